The first kappa shape index (κ1) is 48.3. The van der Waals surface area contributed by atoms with E-state index in [2.05, 4.69) is 72.3 Å². The number of nitrogens with zero attached hydrogens (tertiary/aromatic N) is 5. The Morgan fingerprint density at radius 2 is 1.12 bits per heavy atom. The molecule has 8 rings (SSSR count). The number of ether oxygens (including phenoxy) is 6. The number of amides is 2. The van der Waals surface area contributed by atoms with Gasteiger partial charge >= 0.3 is 0 Å². The van der Waals surface area contributed by atoms with Crippen LogP contribution in [0.1, 0.15) is 93.3 Å². The highest BCUT2D eigenvalue weighted by atomic mass is 32.1. The molecule has 6 aromatic rings. The van der Waals surface area contributed by atoms with Gasteiger partial charge in [-0.2, -0.15) is 0 Å². The zero-order valence-electron chi connectivity index (χ0n) is 39.4. The quantitative estimate of drug-likeness (QED) is 0.0619. The smallest absolute Gasteiger partial charge is 0.273 e. The van der Waals surface area contributed by atoms with Gasteiger partial charge in [-0.1, -0.05) is 57.2 Å². The topological polar surface area (TPSA) is 137 Å². The van der Waals surface area contributed by atoms with Crippen LogP contribution >= 0.6 is 22.7 Å². The molecule has 0 fully saturated rings. The summed E-state index contributed by atoms with van der Waals surface area (Å²) in [5, 5.41) is 8.56. The summed E-state index contributed by atoms with van der Waals surface area (Å²) in [6.45, 7) is 11.6. The van der Waals surface area contributed by atoms with Crippen molar-refractivity contribution in [1.82, 2.24) is 30.0 Å². The lowest BCUT2D eigenvalue weighted by Crippen LogP contribution is -2.42. The Labute approximate surface area is 406 Å². The Morgan fingerprint density at radius 3 is 1.62 bits per heavy atom. The molecule has 2 unspecified atom stereocenters. The normalized spacial score (nSPS) is 13.5. The minimum Gasteiger partial charge on any atom is -0.497 e. The molecular weight excluding hydrogens is 901 g/mol. The Morgan fingerprint density at radius 1 is 0.647 bits per heavy atom. The fraction of sp³-hybridized carbons (Fsp3) is 0.385. The number of carbonyl (C=O) groups is 2. The van der Waals surface area contributed by atoms with Crippen LogP contribution in [0.15, 0.2) is 95.7 Å². The molecule has 358 valence electrons. The summed E-state index contributed by atoms with van der Waals surface area (Å²) in [6, 6.07) is 28.2. The lowest BCUT2D eigenvalue weighted by molar-refractivity contribution is 0.0638. The Balaban J connectivity index is 0.871. The summed E-state index contributed by atoms with van der Waals surface area (Å²) in [4.78, 5) is 44.1. The van der Waals surface area contributed by atoms with Crippen LogP contribution in [0.25, 0.3) is 0 Å². The van der Waals surface area contributed by atoms with Crippen LogP contribution in [0.2, 0.25) is 0 Å². The number of fused-ring (bicyclic) bond motifs is 2. The number of carbonyl (C=O) groups excluding carboxylic acids is 2. The number of benzene rings is 4. The third-order valence-electron chi connectivity index (χ3n) is 12.0. The fourth-order valence-corrected chi connectivity index (χ4v) is 10.1. The van der Waals surface area contributed by atoms with Crippen molar-refractivity contribution in [1.29, 1.82) is 0 Å². The van der Waals surface area contributed by atoms with Crippen LogP contribution in [0.5, 0.6) is 34.5 Å². The van der Waals surface area contributed by atoms with Crippen LogP contribution < -0.4 is 33.7 Å². The van der Waals surface area contributed by atoms with E-state index in [9.17, 15) is 9.59 Å². The average Bonchev–Trinajstić information content (AvgIpc) is 4.21. The summed E-state index contributed by atoms with van der Waals surface area (Å²) in [7, 11) is 3.33. The Bertz CT molecular complexity index is 2600. The number of methoxy groups -OCH3 is 2. The second-order valence-corrected chi connectivity index (χ2v) is 19.1. The van der Waals surface area contributed by atoms with Gasteiger partial charge in [0, 0.05) is 56.1 Å². The van der Waals surface area contributed by atoms with Gasteiger partial charge in [-0.3, -0.25) is 19.4 Å². The summed E-state index contributed by atoms with van der Waals surface area (Å²) in [6.07, 6.45) is 2.32. The molecule has 16 heteroatoms. The molecule has 0 radical (unpaired) electrons. The van der Waals surface area contributed by atoms with Gasteiger partial charge in [-0.15, -0.1) is 22.7 Å². The summed E-state index contributed by atoms with van der Waals surface area (Å²) in [5.41, 5.74) is 5.31. The van der Waals surface area contributed by atoms with E-state index in [1.165, 1.54) is 22.7 Å². The molecule has 0 spiro atoms. The van der Waals surface area contributed by atoms with Gasteiger partial charge in [-0.05, 0) is 96.0 Å². The van der Waals surface area contributed by atoms with Gasteiger partial charge in [0.2, 0.25) is 13.6 Å². The molecule has 14 nitrogen and oxygen atoms in total. The number of hydrogen-bond acceptors (Lipinski definition) is 14. The molecule has 68 heavy (non-hydrogen) atoms. The van der Waals surface area contributed by atoms with Gasteiger partial charge in [0.15, 0.2) is 23.0 Å². The van der Waals surface area contributed by atoms with Crippen molar-refractivity contribution in [2.45, 2.75) is 85.3 Å². The van der Waals surface area contributed by atoms with Crippen LogP contribution in [0, 0.1) is 5.92 Å². The second-order valence-electron chi connectivity index (χ2n) is 17.2. The maximum Gasteiger partial charge on any atom is 0.273 e. The lowest BCUT2D eigenvalue weighted by Gasteiger charge is -2.32. The maximum atomic E-state index is 14.3. The maximum absolute atomic E-state index is 14.3. The molecular formula is C52H60N6O8S2. The minimum absolute atomic E-state index is 0.0237. The van der Waals surface area contributed by atoms with Crippen molar-refractivity contribution in [3.63, 3.8) is 0 Å². The van der Waals surface area contributed by atoms with E-state index in [0.717, 1.165) is 86.0 Å². The number of rotatable bonds is 24. The predicted molar refractivity (Wildman–Crippen MR) is 263 cm³/mol. The largest absolute Gasteiger partial charge is 0.497 e. The first-order valence-electron chi connectivity index (χ1n) is 23.1. The summed E-state index contributed by atoms with van der Waals surface area (Å²) < 4.78 is 33.2. The highest BCUT2D eigenvalue weighted by Crippen LogP contribution is 2.35. The third kappa shape index (κ3) is 12.7. The van der Waals surface area contributed by atoms with Crippen molar-refractivity contribution in [3.8, 4) is 34.5 Å². The highest BCUT2D eigenvalue weighted by Gasteiger charge is 2.27. The van der Waals surface area contributed by atoms with E-state index in [-0.39, 0.29) is 37.4 Å². The van der Waals surface area contributed by atoms with Crippen LogP contribution in [-0.2, 0) is 39.3 Å². The van der Waals surface area contributed by atoms with Crippen molar-refractivity contribution in [2.75, 3.05) is 40.9 Å². The van der Waals surface area contributed by atoms with Crippen molar-refractivity contribution < 1.29 is 38.0 Å². The predicted octanol–water partition coefficient (Wildman–Crippen LogP) is 9.57. The standard InChI is InChI=1S/C52H60N6O8S2/c1-6-20-58(52(60)44-32-68-50(55-44)30-57(26-37-10-16-42(62-5)17-11-37)28-39-13-19-46-48(23-39)66-34-64-46)40(7-2)21-35(3)24-53-51(59)43-31-67-49(54-43)29-56(25-36-8-14-41(61-4)15-9-36)27-38-12-18-45-47(22-38)65-33-63-45/h8-19,22-23,31-32,35,40H,6-7,20-21,24-30,33-34H2,1-5H3,(H,53,59). The molecule has 1 N–H and O–H groups in total. The van der Waals surface area contributed by atoms with E-state index >= 15 is 0 Å². The fourth-order valence-electron chi connectivity index (χ4n) is 8.52. The van der Waals surface area contributed by atoms with E-state index < -0.39 is 0 Å². The molecule has 0 aliphatic carbocycles. The van der Waals surface area contributed by atoms with E-state index in [1.54, 1.807) is 14.2 Å². The van der Waals surface area contributed by atoms with Gasteiger partial charge in [0.05, 0.1) is 27.3 Å². The molecule has 2 aliphatic heterocycles. The van der Waals surface area contributed by atoms with Crippen molar-refractivity contribution in [3.05, 3.63) is 139 Å². The van der Waals surface area contributed by atoms with Crippen LogP contribution in [0.3, 0.4) is 0 Å². The zero-order chi connectivity index (χ0) is 47.4. The van der Waals surface area contributed by atoms with Gasteiger partial charge < -0.3 is 38.6 Å². The number of aromatic nitrogens is 2. The Hall–Kier alpha value is -6.20. The van der Waals surface area contributed by atoms with Gasteiger partial charge in [0.25, 0.3) is 11.8 Å². The molecule has 4 aromatic carbocycles. The Kier molecular flexibility index (Phi) is 16.5. The second kappa shape index (κ2) is 23.2. The highest BCUT2D eigenvalue weighted by molar-refractivity contribution is 7.10. The minimum atomic E-state index is -0.207. The molecule has 0 saturated heterocycles. The van der Waals surface area contributed by atoms with E-state index in [4.69, 9.17) is 38.4 Å². The third-order valence-corrected chi connectivity index (χ3v) is 13.7. The van der Waals surface area contributed by atoms with Crippen LogP contribution in [-0.4, -0.2) is 83.4 Å². The summed E-state index contributed by atoms with van der Waals surface area (Å²) >= 11 is 2.99. The first-order chi connectivity index (χ1) is 33.2. The number of thiazole rings is 2. The molecule has 0 saturated carbocycles. The van der Waals surface area contributed by atoms with Crippen molar-refractivity contribution in [2.24, 2.45) is 5.92 Å². The molecule has 0 bridgehead atoms. The molecule has 2 aromatic heterocycles. The summed E-state index contributed by atoms with van der Waals surface area (Å²) in [5.74, 6) is 4.43. The monoisotopic (exact) mass is 960 g/mol. The molecule has 2 amide bonds. The molecule has 2 atom stereocenters. The van der Waals surface area contributed by atoms with Gasteiger partial charge in [-0.25, -0.2) is 9.97 Å². The van der Waals surface area contributed by atoms with E-state index in [0.29, 0.717) is 63.7 Å². The zero-order valence-corrected chi connectivity index (χ0v) is 41.0. The first-order valence-corrected chi connectivity index (χ1v) is 24.9. The molecule has 4 heterocycles. The van der Waals surface area contributed by atoms with Crippen molar-refractivity contribution >= 4 is 34.5 Å². The van der Waals surface area contributed by atoms with E-state index in [1.807, 2.05) is 64.2 Å². The number of hydrogen-bond donors (Lipinski definition) is 1. The SMILES string of the molecule is CCCN(C(=O)c1csc(CN(Cc2ccc(OC)cc2)Cc2ccc3c(c2)OCO3)n1)C(CC)CC(C)CNC(=O)c1csc(CN(Cc2ccc(OC)cc2)Cc2ccc3c(c2)OCO3)n1. The lowest BCUT2D eigenvalue weighted by atomic mass is 9.98. The molecule has 2 aliphatic rings. The van der Waals surface area contributed by atoms with Crippen LogP contribution in [0.4, 0.5) is 0 Å². The average molecular weight is 961 g/mol. The number of nitrogens with one attached hydrogen (secondary N) is 1. The van der Waals surface area contributed by atoms with Gasteiger partial charge in [0.1, 0.15) is 32.9 Å².